The predicted octanol–water partition coefficient (Wildman–Crippen LogP) is 5.16. The van der Waals surface area contributed by atoms with Crippen molar-refractivity contribution < 1.29 is 22.6 Å². The molecule has 0 bridgehead atoms. The molecular weight excluding hydrogens is 448 g/mol. The number of hydrazone groups is 1. The van der Waals surface area contributed by atoms with Crippen molar-refractivity contribution in [2.45, 2.75) is 13.1 Å². The van der Waals surface area contributed by atoms with Gasteiger partial charge in [-0.1, -0.05) is 6.07 Å². The zero-order valence-electron chi connectivity index (χ0n) is 13.5. The second-order valence-electron chi connectivity index (χ2n) is 4.92. The Kier molecular flexibility index (Phi) is 6.51. The minimum Gasteiger partial charge on any atom is -0.493 e. The highest BCUT2D eigenvalue weighted by Crippen LogP contribution is 2.33. The highest BCUT2D eigenvalue weighted by Gasteiger charge is 2.30. The lowest BCUT2D eigenvalue weighted by Gasteiger charge is -2.12. The summed E-state index contributed by atoms with van der Waals surface area (Å²) < 4.78 is 49.8. The summed E-state index contributed by atoms with van der Waals surface area (Å²) in [6.45, 7) is 2.39. The molecule has 134 valence electrons. The average molecular weight is 464 g/mol. The van der Waals surface area contributed by atoms with Crippen LogP contribution in [0, 0.1) is 3.57 Å². The van der Waals surface area contributed by atoms with E-state index in [4.69, 9.17) is 9.47 Å². The molecule has 0 amide bonds. The molecule has 0 heterocycles. The van der Waals surface area contributed by atoms with Crippen LogP contribution in [0.3, 0.4) is 0 Å². The standard InChI is InChI=1S/C17H16F3IN2O2/c1-3-25-16-14(21)7-11(8-15(16)24-2)10-22-23-13-6-4-5-12(9-13)17(18,19)20/h4-10,23H,3H2,1-2H3/b22-10+. The number of anilines is 1. The summed E-state index contributed by atoms with van der Waals surface area (Å²) in [5.41, 5.74) is 2.84. The lowest BCUT2D eigenvalue weighted by molar-refractivity contribution is -0.137. The van der Waals surface area contributed by atoms with Gasteiger partial charge in [-0.2, -0.15) is 18.3 Å². The van der Waals surface area contributed by atoms with Crippen LogP contribution in [-0.2, 0) is 6.18 Å². The van der Waals surface area contributed by atoms with Gasteiger partial charge in [0.15, 0.2) is 11.5 Å². The van der Waals surface area contributed by atoms with E-state index in [-0.39, 0.29) is 5.69 Å². The molecule has 0 saturated carbocycles. The summed E-state index contributed by atoms with van der Waals surface area (Å²) in [5.74, 6) is 1.21. The number of benzene rings is 2. The maximum atomic E-state index is 12.7. The van der Waals surface area contributed by atoms with Gasteiger partial charge < -0.3 is 9.47 Å². The summed E-state index contributed by atoms with van der Waals surface area (Å²) >= 11 is 2.12. The Balaban J connectivity index is 2.16. The molecule has 0 saturated heterocycles. The molecule has 0 unspecified atom stereocenters. The molecule has 1 N–H and O–H groups in total. The molecule has 25 heavy (non-hydrogen) atoms. The minimum atomic E-state index is -4.39. The van der Waals surface area contributed by atoms with Crippen LogP contribution in [0.2, 0.25) is 0 Å². The van der Waals surface area contributed by atoms with Gasteiger partial charge in [-0.25, -0.2) is 0 Å². The maximum absolute atomic E-state index is 12.7. The first kappa shape index (κ1) is 19.4. The summed E-state index contributed by atoms with van der Waals surface area (Å²) in [4.78, 5) is 0. The van der Waals surface area contributed by atoms with Crippen LogP contribution in [0.15, 0.2) is 41.5 Å². The van der Waals surface area contributed by atoms with Gasteiger partial charge in [-0.15, -0.1) is 0 Å². The Bertz CT molecular complexity index is 764. The molecular formula is C17H16F3IN2O2. The van der Waals surface area contributed by atoms with Gasteiger partial charge in [0.05, 0.1) is 34.8 Å². The molecule has 0 radical (unpaired) electrons. The van der Waals surface area contributed by atoms with E-state index in [1.807, 2.05) is 13.0 Å². The van der Waals surface area contributed by atoms with Gasteiger partial charge in [-0.3, -0.25) is 5.43 Å². The summed E-state index contributed by atoms with van der Waals surface area (Å²) in [6.07, 6.45) is -2.89. The van der Waals surface area contributed by atoms with Crippen LogP contribution >= 0.6 is 22.6 Å². The Hall–Kier alpha value is -1.97. The van der Waals surface area contributed by atoms with Crippen LogP contribution in [-0.4, -0.2) is 19.9 Å². The van der Waals surface area contributed by atoms with Crippen molar-refractivity contribution in [3.05, 3.63) is 51.1 Å². The lowest BCUT2D eigenvalue weighted by Crippen LogP contribution is -2.05. The Morgan fingerprint density at radius 2 is 2.00 bits per heavy atom. The Morgan fingerprint density at radius 1 is 1.24 bits per heavy atom. The topological polar surface area (TPSA) is 42.8 Å². The third kappa shape index (κ3) is 5.25. The number of rotatable bonds is 6. The quantitative estimate of drug-likeness (QED) is 0.365. The van der Waals surface area contributed by atoms with Crippen LogP contribution in [0.25, 0.3) is 0 Å². The molecule has 4 nitrogen and oxygen atoms in total. The van der Waals surface area contributed by atoms with E-state index in [1.165, 1.54) is 25.5 Å². The molecule has 0 aromatic heterocycles. The van der Waals surface area contributed by atoms with Crippen LogP contribution < -0.4 is 14.9 Å². The number of nitrogens with zero attached hydrogens (tertiary/aromatic N) is 1. The van der Waals surface area contributed by atoms with Crippen LogP contribution in [0.5, 0.6) is 11.5 Å². The number of hydrogen-bond acceptors (Lipinski definition) is 4. The van der Waals surface area contributed by atoms with Crippen molar-refractivity contribution in [3.63, 3.8) is 0 Å². The minimum absolute atomic E-state index is 0.249. The number of halogens is 4. The van der Waals surface area contributed by atoms with Gasteiger partial charge >= 0.3 is 6.18 Å². The van der Waals surface area contributed by atoms with Gasteiger partial charge in [0.1, 0.15) is 0 Å². The van der Waals surface area contributed by atoms with E-state index in [0.29, 0.717) is 18.1 Å². The van der Waals surface area contributed by atoms with Crippen LogP contribution in [0.4, 0.5) is 18.9 Å². The molecule has 0 fully saturated rings. The molecule has 0 atom stereocenters. The third-order valence-electron chi connectivity index (χ3n) is 3.14. The lowest BCUT2D eigenvalue weighted by atomic mass is 10.2. The van der Waals surface area contributed by atoms with Gasteiger partial charge in [0, 0.05) is 0 Å². The summed E-state index contributed by atoms with van der Waals surface area (Å²) in [5, 5.41) is 3.99. The maximum Gasteiger partial charge on any atom is 0.416 e. The van der Waals surface area contributed by atoms with Gasteiger partial charge in [0.25, 0.3) is 0 Å². The first-order valence-corrected chi connectivity index (χ1v) is 8.39. The normalized spacial score (nSPS) is 11.6. The molecule has 2 aromatic rings. The fraction of sp³-hybridized carbons (Fsp3) is 0.235. The molecule has 8 heteroatoms. The van der Waals surface area contributed by atoms with Gasteiger partial charge in [0.2, 0.25) is 0 Å². The largest absolute Gasteiger partial charge is 0.493 e. The van der Waals surface area contributed by atoms with Gasteiger partial charge in [-0.05, 0) is 65.4 Å². The number of methoxy groups -OCH3 is 1. The molecule has 2 aromatic carbocycles. The van der Waals surface area contributed by atoms with E-state index in [9.17, 15) is 13.2 Å². The highest BCUT2D eigenvalue weighted by atomic mass is 127. The molecule has 0 aliphatic heterocycles. The third-order valence-corrected chi connectivity index (χ3v) is 3.94. The number of nitrogens with one attached hydrogen (secondary N) is 1. The Labute approximate surface area is 157 Å². The van der Waals surface area contributed by atoms with Crippen molar-refractivity contribution in [1.82, 2.24) is 0 Å². The van der Waals surface area contributed by atoms with E-state index >= 15 is 0 Å². The van der Waals surface area contributed by atoms with Crippen molar-refractivity contribution in [1.29, 1.82) is 0 Å². The molecule has 2 rings (SSSR count). The summed E-state index contributed by atoms with van der Waals surface area (Å²) in [6, 6.07) is 8.42. The fourth-order valence-corrected chi connectivity index (χ4v) is 2.83. The first-order valence-electron chi connectivity index (χ1n) is 7.31. The fourth-order valence-electron chi connectivity index (χ4n) is 2.05. The number of hydrogen-bond donors (Lipinski definition) is 1. The van der Waals surface area contributed by atoms with E-state index in [0.717, 1.165) is 21.3 Å². The smallest absolute Gasteiger partial charge is 0.416 e. The van der Waals surface area contributed by atoms with Crippen molar-refractivity contribution >= 4 is 34.5 Å². The van der Waals surface area contributed by atoms with Crippen molar-refractivity contribution in [2.75, 3.05) is 19.1 Å². The zero-order chi connectivity index (χ0) is 18.4. The van der Waals surface area contributed by atoms with E-state index in [1.54, 1.807) is 6.07 Å². The van der Waals surface area contributed by atoms with Crippen molar-refractivity contribution in [2.24, 2.45) is 5.10 Å². The van der Waals surface area contributed by atoms with Crippen LogP contribution in [0.1, 0.15) is 18.1 Å². The van der Waals surface area contributed by atoms with E-state index in [2.05, 4.69) is 33.1 Å². The molecule has 0 aliphatic rings. The SMILES string of the molecule is CCOc1c(I)cc(/C=N/Nc2cccc(C(F)(F)F)c2)cc1OC. The highest BCUT2D eigenvalue weighted by molar-refractivity contribution is 14.1. The average Bonchev–Trinajstić information content (AvgIpc) is 2.56. The molecule has 0 aliphatic carbocycles. The number of ether oxygens (including phenoxy) is 2. The monoisotopic (exact) mass is 464 g/mol. The zero-order valence-corrected chi connectivity index (χ0v) is 15.7. The summed E-state index contributed by atoms with van der Waals surface area (Å²) in [7, 11) is 1.54. The second-order valence-corrected chi connectivity index (χ2v) is 6.08. The second kappa shape index (κ2) is 8.41. The van der Waals surface area contributed by atoms with Crippen molar-refractivity contribution in [3.8, 4) is 11.5 Å². The number of alkyl halides is 3. The first-order chi connectivity index (χ1) is 11.8. The predicted molar refractivity (Wildman–Crippen MR) is 99.5 cm³/mol. The molecule has 0 spiro atoms. The van der Waals surface area contributed by atoms with E-state index < -0.39 is 11.7 Å². The Morgan fingerprint density at radius 3 is 2.64 bits per heavy atom.